The van der Waals surface area contributed by atoms with Crippen LogP contribution in [0.5, 0.6) is 0 Å². The first-order valence-corrected chi connectivity index (χ1v) is 6.44. The Balaban J connectivity index is 1.22. The van der Waals surface area contributed by atoms with Crippen molar-refractivity contribution in [1.29, 1.82) is 0 Å². The lowest BCUT2D eigenvalue weighted by atomic mass is 10.2. The van der Waals surface area contributed by atoms with E-state index in [9.17, 15) is 0 Å². The van der Waals surface area contributed by atoms with Gasteiger partial charge in [-0.3, -0.25) is 0 Å². The Morgan fingerprint density at radius 2 is 1.12 bits per heavy atom. The van der Waals surface area contributed by atoms with Crippen molar-refractivity contribution in [3.8, 4) is 0 Å². The Morgan fingerprint density at radius 3 is 1.53 bits per heavy atom. The molecule has 0 bridgehead atoms. The summed E-state index contributed by atoms with van der Waals surface area (Å²) < 4.78 is 27.1. The molecule has 5 heteroatoms. The van der Waals surface area contributed by atoms with Crippen molar-refractivity contribution in [2.75, 3.05) is 39.6 Å². The standard InChI is InChI=1S/C12H20O5/c1-2-10(4-14-6-12-8-16-12)17-9(1)3-13-5-11-7-15-11/h9-12H,1-8H2/t9-,10+,11?,12?. The summed E-state index contributed by atoms with van der Waals surface area (Å²) in [4.78, 5) is 0. The number of rotatable bonds is 8. The van der Waals surface area contributed by atoms with Gasteiger partial charge in [0, 0.05) is 0 Å². The number of epoxide rings is 2. The van der Waals surface area contributed by atoms with Crippen molar-refractivity contribution in [3.05, 3.63) is 0 Å². The third-order valence-corrected chi connectivity index (χ3v) is 3.22. The minimum Gasteiger partial charge on any atom is -0.376 e. The first-order valence-electron chi connectivity index (χ1n) is 6.44. The Kier molecular flexibility index (Phi) is 3.93. The first-order chi connectivity index (χ1) is 8.40. The molecule has 2 unspecified atom stereocenters. The molecule has 0 radical (unpaired) electrons. The van der Waals surface area contributed by atoms with Gasteiger partial charge in [0.15, 0.2) is 0 Å². The van der Waals surface area contributed by atoms with Crippen LogP contribution in [-0.2, 0) is 23.7 Å². The zero-order valence-electron chi connectivity index (χ0n) is 10.0. The first kappa shape index (κ1) is 11.9. The zero-order chi connectivity index (χ0) is 11.5. The Morgan fingerprint density at radius 1 is 0.706 bits per heavy atom. The lowest BCUT2D eigenvalue weighted by Gasteiger charge is -2.13. The fraction of sp³-hybridized carbons (Fsp3) is 1.00. The van der Waals surface area contributed by atoms with E-state index in [-0.39, 0.29) is 12.2 Å². The van der Waals surface area contributed by atoms with Gasteiger partial charge < -0.3 is 23.7 Å². The average molecular weight is 244 g/mol. The molecule has 0 spiro atoms. The lowest BCUT2D eigenvalue weighted by Crippen LogP contribution is -2.21. The molecular formula is C12H20O5. The van der Waals surface area contributed by atoms with E-state index in [0.29, 0.717) is 38.6 Å². The summed E-state index contributed by atoms with van der Waals surface area (Å²) >= 11 is 0. The van der Waals surface area contributed by atoms with E-state index in [2.05, 4.69) is 0 Å². The molecule has 3 saturated heterocycles. The maximum atomic E-state index is 5.83. The topological polar surface area (TPSA) is 52.8 Å². The normalized spacial score (nSPS) is 39.5. The lowest BCUT2D eigenvalue weighted by molar-refractivity contribution is -0.0481. The van der Waals surface area contributed by atoms with E-state index < -0.39 is 0 Å². The van der Waals surface area contributed by atoms with E-state index in [4.69, 9.17) is 23.7 Å². The molecule has 0 aromatic rings. The number of hydrogen-bond donors (Lipinski definition) is 0. The van der Waals surface area contributed by atoms with Gasteiger partial charge in [-0.05, 0) is 12.8 Å². The van der Waals surface area contributed by atoms with Gasteiger partial charge in [0.2, 0.25) is 0 Å². The van der Waals surface area contributed by atoms with Gasteiger partial charge >= 0.3 is 0 Å². The van der Waals surface area contributed by atoms with Crippen molar-refractivity contribution in [1.82, 2.24) is 0 Å². The number of hydrogen-bond acceptors (Lipinski definition) is 5. The highest BCUT2D eigenvalue weighted by atomic mass is 16.6. The molecule has 5 nitrogen and oxygen atoms in total. The van der Waals surface area contributed by atoms with Crippen LogP contribution in [0.25, 0.3) is 0 Å². The second kappa shape index (κ2) is 5.63. The van der Waals surface area contributed by atoms with Crippen LogP contribution in [0.1, 0.15) is 12.8 Å². The summed E-state index contributed by atoms with van der Waals surface area (Å²) in [6.07, 6.45) is 3.29. The monoisotopic (exact) mass is 244 g/mol. The highest BCUT2D eigenvalue weighted by molar-refractivity contribution is 4.75. The molecule has 98 valence electrons. The molecule has 0 N–H and O–H groups in total. The summed E-state index contributed by atoms with van der Waals surface area (Å²) in [6.45, 7) is 4.49. The van der Waals surface area contributed by atoms with Crippen LogP contribution in [-0.4, -0.2) is 64.1 Å². The fourth-order valence-electron chi connectivity index (χ4n) is 2.02. The summed E-state index contributed by atoms with van der Waals surface area (Å²) in [5.41, 5.74) is 0. The smallest absolute Gasteiger partial charge is 0.104 e. The molecule has 0 saturated carbocycles. The van der Waals surface area contributed by atoms with Crippen LogP contribution in [0, 0.1) is 0 Å². The SMILES string of the molecule is C(OC[C@H]1CC[C@@H](COCC2CO2)O1)C1CO1. The zero-order valence-corrected chi connectivity index (χ0v) is 10.0. The molecule has 0 aromatic carbocycles. The predicted octanol–water partition coefficient (Wildman–Crippen LogP) is 0.365. The van der Waals surface area contributed by atoms with Gasteiger partial charge in [0.25, 0.3) is 0 Å². The molecule has 0 aliphatic carbocycles. The second-order valence-electron chi connectivity index (χ2n) is 4.94. The van der Waals surface area contributed by atoms with E-state index >= 15 is 0 Å². The van der Waals surface area contributed by atoms with Gasteiger partial charge in [-0.15, -0.1) is 0 Å². The molecule has 3 aliphatic heterocycles. The van der Waals surface area contributed by atoms with Crippen LogP contribution in [0.3, 0.4) is 0 Å². The van der Waals surface area contributed by atoms with Crippen molar-refractivity contribution in [2.45, 2.75) is 37.3 Å². The van der Waals surface area contributed by atoms with Gasteiger partial charge in [-0.25, -0.2) is 0 Å². The van der Waals surface area contributed by atoms with E-state index in [1.54, 1.807) is 0 Å². The Labute approximate surface area is 101 Å². The van der Waals surface area contributed by atoms with Crippen molar-refractivity contribution >= 4 is 0 Å². The van der Waals surface area contributed by atoms with Crippen molar-refractivity contribution < 1.29 is 23.7 Å². The van der Waals surface area contributed by atoms with Crippen LogP contribution < -0.4 is 0 Å². The highest BCUT2D eigenvalue weighted by Gasteiger charge is 2.28. The van der Waals surface area contributed by atoms with Crippen LogP contribution in [0.15, 0.2) is 0 Å². The molecule has 17 heavy (non-hydrogen) atoms. The van der Waals surface area contributed by atoms with Gasteiger partial charge in [-0.2, -0.15) is 0 Å². The van der Waals surface area contributed by atoms with Crippen LogP contribution >= 0.6 is 0 Å². The van der Waals surface area contributed by atoms with E-state index in [1.807, 2.05) is 0 Å². The summed E-state index contributed by atoms with van der Waals surface area (Å²) in [5, 5.41) is 0. The maximum Gasteiger partial charge on any atom is 0.104 e. The molecule has 0 aromatic heterocycles. The van der Waals surface area contributed by atoms with Crippen molar-refractivity contribution in [2.24, 2.45) is 0 Å². The van der Waals surface area contributed by atoms with Crippen LogP contribution in [0.4, 0.5) is 0 Å². The highest BCUT2D eigenvalue weighted by Crippen LogP contribution is 2.21. The summed E-state index contributed by atoms with van der Waals surface area (Å²) in [7, 11) is 0. The Hall–Kier alpha value is -0.200. The average Bonchev–Trinajstić information content (AvgIpc) is 3.22. The minimum atomic E-state index is 0.236. The summed E-state index contributed by atoms with van der Waals surface area (Å²) in [6, 6.07) is 0. The number of ether oxygens (including phenoxy) is 5. The fourth-order valence-corrected chi connectivity index (χ4v) is 2.02. The third-order valence-electron chi connectivity index (χ3n) is 3.22. The van der Waals surface area contributed by atoms with Crippen LogP contribution in [0.2, 0.25) is 0 Å². The molecule has 3 rings (SSSR count). The van der Waals surface area contributed by atoms with Crippen molar-refractivity contribution in [3.63, 3.8) is 0 Å². The molecule has 3 fully saturated rings. The van der Waals surface area contributed by atoms with Gasteiger partial charge in [-0.1, -0.05) is 0 Å². The van der Waals surface area contributed by atoms with Gasteiger partial charge in [0.05, 0.1) is 51.8 Å². The quantitative estimate of drug-likeness (QED) is 0.577. The third kappa shape index (κ3) is 4.19. The molecule has 0 amide bonds. The molecular weight excluding hydrogens is 224 g/mol. The van der Waals surface area contributed by atoms with E-state index in [0.717, 1.165) is 26.1 Å². The predicted molar refractivity (Wildman–Crippen MR) is 59.0 cm³/mol. The molecule has 4 atom stereocenters. The largest absolute Gasteiger partial charge is 0.376 e. The molecule has 3 heterocycles. The second-order valence-corrected chi connectivity index (χ2v) is 4.94. The Bertz CT molecular complexity index is 215. The summed E-state index contributed by atoms with van der Waals surface area (Å²) in [5.74, 6) is 0. The minimum absolute atomic E-state index is 0.236. The molecule has 3 aliphatic rings. The van der Waals surface area contributed by atoms with E-state index in [1.165, 1.54) is 0 Å². The maximum absolute atomic E-state index is 5.83. The van der Waals surface area contributed by atoms with Gasteiger partial charge in [0.1, 0.15) is 12.2 Å².